The lowest BCUT2D eigenvalue weighted by atomic mass is 10.1. The molecule has 144 valence electrons. The van der Waals surface area contributed by atoms with Gasteiger partial charge in [-0.15, -0.1) is 0 Å². The van der Waals surface area contributed by atoms with Gasteiger partial charge in [-0.1, -0.05) is 100 Å². The Morgan fingerprint density at radius 1 is 0.704 bits per heavy atom. The van der Waals surface area contributed by atoms with Gasteiger partial charge in [0.1, 0.15) is 0 Å². The highest BCUT2D eigenvalue weighted by atomic mass is 16.5. The predicted octanol–water partition coefficient (Wildman–Crippen LogP) is 7.81. The molecule has 0 aliphatic carbocycles. The number of hydrogen-bond donors (Lipinski definition) is 0. The zero-order valence-electron chi connectivity index (χ0n) is 17.0. The first kappa shape index (κ1) is 21.2. The van der Waals surface area contributed by atoms with Gasteiger partial charge in [0.25, 0.3) is 0 Å². The van der Waals surface area contributed by atoms with Gasteiger partial charge in [-0.25, -0.2) is 0 Å². The fourth-order valence-corrected chi connectivity index (χ4v) is 2.94. The minimum Gasteiger partial charge on any atom is -0.372 e. The molecule has 2 rings (SSSR count). The summed E-state index contributed by atoms with van der Waals surface area (Å²) in [7, 11) is 0. The van der Waals surface area contributed by atoms with Crippen molar-refractivity contribution in [3.05, 3.63) is 82.9 Å². The molecule has 0 radical (unpaired) electrons. The Kier molecular flexibility index (Phi) is 10.3. The summed E-state index contributed by atoms with van der Waals surface area (Å²) < 4.78 is 5.95. The topological polar surface area (TPSA) is 9.23 Å². The summed E-state index contributed by atoms with van der Waals surface area (Å²) >= 11 is 0. The van der Waals surface area contributed by atoms with Gasteiger partial charge in [-0.05, 0) is 47.2 Å². The summed E-state index contributed by atoms with van der Waals surface area (Å²) in [5.41, 5.74) is 4.96. The molecule has 0 amide bonds. The molecule has 1 nitrogen and oxygen atoms in total. The lowest BCUT2D eigenvalue weighted by Gasteiger charge is -2.06. The second kappa shape index (κ2) is 13.1. The van der Waals surface area contributed by atoms with E-state index in [1.807, 2.05) is 0 Å². The minimum absolute atomic E-state index is 0.646. The SMILES string of the molecule is CCCC/C=C\c1cccc(COCc2cccc(/C=C\CCCC)c2)c1. The molecule has 0 saturated carbocycles. The molecular formula is C26H34O. The summed E-state index contributed by atoms with van der Waals surface area (Å²) in [6.07, 6.45) is 16.3. The summed E-state index contributed by atoms with van der Waals surface area (Å²) in [5, 5.41) is 0. The van der Waals surface area contributed by atoms with Crippen molar-refractivity contribution in [1.29, 1.82) is 0 Å². The highest BCUT2D eigenvalue weighted by Crippen LogP contribution is 2.13. The molecule has 0 aliphatic rings. The standard InChI is InChI=1S/C26H34O/c1-3-5-7-9-13-23-15-11-17-25(19-23)21-27-22-26-18-12-16-24(20-26)14-10-8-6-4-2/h9-20H,3-8,21-22H2,1-2H3/b13-9-,14-10-. The first-order valence-corrected chi connectivity index (χ1v) is 10.4. The van der Waals surface area contributed by atoms with Gasteiger partial charge in [0.05, 0.1) is 13.2 Å². The molecule has 0 bridgehead atoms. The Morgan fingerprint density at radius 3 is 1.63 bits per heavy atom. The number of benzene rings is 2. The molecule has 27 heavy (non-hydrogen) atoms. The molecule has 0 fully saturated rings. The Bertz CT molecular complexity index is 650. The van der Waals surface area contributed by atoms with Gasteiger partial charge in [0.15, 0.2) is 0 Å². The first-order valence-electron chi connectivity index (χ1n) is 10.4. The van der Waals surface area contributed by atoms with E-state index < -0.39 is 0 Å². The Labute approximate surface area is 165 Å². The molecule has 0 aliphatic heterocycles. The van der Waals surface area contributed by atoms with Crippen molar-refractivity contribution in [3.63, 3.8) is 0 Å². The summed E-state index contributed by atoms with van der Waals surface area (Å²) in [4.78, 5) is 0. The molecule has 1 heteroatoms. The van der Waals surface area contributed by atoms with Gasteiger partial charge in [0.2, 0.25) is 0 Å². The van der Waals surface area contributed by atoms with E-state index >= 15 is 0 Å². The average Bonchev–Trinajstić information content (AvgIpc) is 2.69. The normalized spacial score (nSPS) is 11.6. The van der Waals surface area contributed by atoms with Crippen molar-refractivity contribution < 1.29 is 4.74 Å². The Hall–Kier alpha value is -2.12. The molecule has 0 spiro atoms. The predicted molar refractivity (Wildman–Crippen MR) is 118 cm³/mol. The second-order valence-electron chi connectivity index (χ2n) is 7.07. The molecule has 0 saturated heterocycles. The minimum atomic E-state index is 0.646. The van der Waals surface area contributed by atoms with Crippen LogP contribution >= 0.6 is 0 Å². The van der Waals surface area contributed by atoms with Gasteiger partial charge < -0.3 is 4.74 Å². The molecule has 0 N–H and O–H groups in total. The van der Waals surface area contributed by atoms with Crippen molar-refractivity contribution in [2.24, 2.45) is 0 Å². The van der Waals surface area contributed by atoms with Crippen LogP contribution in [0.15, 0.2) is 60.7 Å². The van der Waals surface area contributed by atoms with E-state index in [1.165, 1.54) is 47.9 Å². The Morgan fingerprint density at radius 2 is 1.19 bits per heavy atom. The van der Waals surface area contributed by atoms with E-state index in [-0.39, 0.29) is 0 Å². The van der Waals surface area contributed by atoms with Crippen LogP contribution in [0.3, 0.4) is 0 Å². The molecule has 2 aromatic carbocycles. The van der Waals surface area contributed by atoms with Crippen molar-refractivity contribution in [3.8, 4) is 0 Å². The number of rotatable bonds is 12. The van der Waals surface area contributed by atoms with Crippen molar-refractivity contribution in [2.75, 3.05) is 0 Å². The summed E-state index contributed by atoms with van der Waals surface area (Å²) in [5.74, 6) is 0. The lowest BCUT2D eigenvalue weighted by Crippen LogP contribution is -1.95. The highest BCUT2D eigenvalue weighted by molar-refractivity contribution is 5.51. The fraction of sp³-hybridized carbons (Fsp3) is 0.385. The van der Waals surface area contributed by atoms with Gasteiger partial charge in [0, 0.05) is 0 Å². The third-order valence-corrected chi connectivity index (χ3v) is 4.51. The van der Waals surface area contributed by atoms with E-state index in [0.29, 0.717) is 13.2 Å². The molecular weight excluding hydrogens is 328 g/mol. The summed E-state index contributed by atoms with van der Waals surface area (Å²) in [6.45, 7) is 5.74. The van der Waals surface area contributed by atoms with Crippen LogP contribution in [-0.4, -0.2) is 0 Å². The smallest absolute Gasteiger partial charge is 0.0721 e. The van der Waals surface area contributed by atoms with Crippen LogP contribution in [0.2, 0.25) is 0 Å². The Balaban J connectivity index is 1.82. The number of hydrogen-bond acceptors (Lipinski definition) is 1. The maximum Gasteiger partial charge on any atom is 0.0721 e. The van der Waals surface area contributed by atoms with E-state index in [2.05, 4.69) is 86.7 Å². The van der Waals surface area contributed by atoms with Crippen LogP contribution in [0.1, 0.15) is 74.6 Å². The molecule has 0 aromatic heterocycles. The van der Waals surface area contributed by atoms with Crippen LogP contribution in [0.5, 0.6) is 0 Å². The van der Waals surface area contributed by atoms with E-state index in [9.17, 15) is 0 Å². The van der Waals surface area contributed by atoms with Gasteiger partial charge in [-0.3, -0.25) is 0 Å². The van der Waals surface area contributed by atoms with Crippen LogP contribution in [0.25, 0.3) is 12.2 Å². The molecule has 0 unspecified atom stereocenters. The maximum atomic E-state index is 5.95. The van der Waals surface area contributed by atoms with Crippen molar-refractivity contribution in [2.45, 2.75) is 65.6 Å². The number of unbranched alkanes of at least 4 members (excludes halogenated alkanes) is 4. The van der Waals surface area contributed by atoms with Crippen molar-refractivity contribution in [1.82, 2.24) is 0 Å². The van der Waals surface area contributed by atoms with Crippen LogP contribution in [0, 0.1) is 0 Å². The quantitative estimate of drug-likeness (QED) is 0.350. The zero-order chi connectivity index (χ0) is 19.2. The zero-order valence-corrected chi connectivity index (χ0v) is 17.0. The maximum absolute atomic E-state index is 5.95. The van der Waals surface area contributed by atoms with Crippen LogP contribution in [0.4, 0.5) is 0 Å². The average molecular weight is 363 g/mol. The van der Waals surface area contributed by atoms with Gasteiger partial charge in [-0.2, -0.15) is 0 Å². The largest absolute Gasteiger partial charge is 0.372 e. The number of allylic oxidation sites excluding steroid dienone is 2. The summed E-state index contributed by atoms with van der Waals surface area (Å²) in [6, 6.07) is 17.2. The van der Waals surface area contributed by atoms with Crippen molar-refractivity contribution >= 4 is 12.2 Å². The molecule has 0 atom stereocenters. The van der Waals surface area contributed by atoms with E-state index in [0.717, 1.165) is 12.8 Å². The van der Waals surface area contributed by atoms with Gasteiger partial charge >= 0.3 is 0 Å². The number of ether oxygens (including phenoxy) is 1. The molecule has 0 heterocycles. The first-order chi connectivity index (χ1) is 13.3. The third-order valence-electron chi connectivity index (χ3n) is 4.51. The second-order valence-corrected chi connectivity index (χ2v) is 7.07. The van der Waals surface area contributed by atoms with Crippen LogP contribution < -0.4 is 0 Å². The fourth-order valence-electron chi connectivity index (χ4n) is 2.94. The molecule has 2 aromatic rings. The monoisotopic (exact) mass is 362 g/mol. The van der Waals surface area contributed by atoms with E-state index in [4.69, 9.17) is 4.74 Å². The third kappa shape index (κ3) is 8.88. The van der Waals surface area contributed by atoms with Crippen LogP contribution in [-0.2, 0) is 18.0 Å². The van der Waals surface area contributed by atoms with E-state index in [1.54, 1.807) is 0 Å². The highest BCUT2D eigenvalue weighted by Gasteiger charge is 1.98. The lowest BCUT2D eigenvalue weighted by molar-refractivity contribution is 0.107.